The first-order valence-corrected chi connectivity index (χ1v) is 9.72. The van der Waals surface area contributed by atoms with Crippen LogP contribution in [0.3, 0.4) is 0 Å². The monoisotopic (exact) mass is 385 g/mol. The molecule has 1 spiro atoms. The molecule has 4 amide bonds. The second kappa shape index (κ2) is 8.04. The van der Waals surface area contributed by atoms with Gasteiger partial charge in [0, 0.05) is 25.2 Å². The van der Waals surface area contributed by atoms with Crippen molar-refractivity contribution in [3.63, 3.8) is 0 Å². The highest BCUT2D eigenvalue weighted by Gasteiger charge is 2.53. The van der Waals surface area contributed by atoms with Crippen molar-refractivity contribution in [2.75, 3.05) is 19.7 Å². The predicted octanol–water partition coefficient (Wildman–Crippen LogP) is 2.42. The first-order valence-electron chi connectivity index (χ1n) is 9.72. The summed E-state index contributed by atoms with van der Waals surface area (Å²) in [5.41, 5.74) is 0.0489. The van der Waals surface area contributed by atoms with Crippen LogP contribution in [0.2, 0.25) is 0 Å². The number of rotatable bonds is 5. The van der Waals surface area contributed by atoms with Gasteiger partial charge in [-0.25, -0.2) is 4.79 Å². The van der Waals surface area contributed by atoms with E-state index in [-0.39, 0.29) is 23.9 Å². The molecule has 0 bridgehead atoms. The van der Waals surface area contributed by atoms with E-state index in [1.165, 1.54) is 4.90 Å². The Labute approximate surface area is 165 Å². The van der Waals surface area contributed by atoms with Crippen LogP contribution < -0.4 is 10.1 Å². The third-order valence-corrected chi connectivity index (χ3v) is 5.25. The topological polar surface area (TPSA) is 79.0 Å². The van der Waals surface area contributed by atoms with Gasteiger partial charge in [0.05, 0.1) is 6.61 Å². The molecule has 2 heterocycles. The third kappa shape index (κ3) is 3.88. The lowest BCUT2D eigenvalue weighted by Crippen LogP contribution is -2.55. The summed E-state index contributed by atoms with van der Waals surface area (Å²) >= 11 is 0. The molecule has 0 unspecified atom stereocenters. The van der Waals surface area contributed by atoms with Gasteiger partial charge >= 0.3 is 6.03 Å². The molecule has 2 saturated heterocycles. The average molecular weight is 385 g/mol. The third-order valence-electron chi connectivity index (χ3n) is 5.25. The maximum absolute atomic E-state index is 12.7. The van der Waals surface area contributed by atoms with Crippen LogP contribution in [0.1, 0.15) is 39.2 Å². The first kappa shape index (κ1) is 19.9. The fourth-order valence-corrected chi connectivity index (χ4v) is 3.67. The van der Waals surface area contributed by atoms with Gasteiger partial charge in [0.25, 0.3) is 5.91 Å². The number of amides is 4. The number of likely N-dealkylation sites (tertiary alicyclic amines) is 1. The highest BCUT2D eigenvalue weighted by molar-refractivity contribution is 6.07. The molecule has 1 N–H and O–H groups in total. The van der Waals surface area contributed by atoms with Crippen molar-refractivity contribution in [1.82, 2.24) is 15.1 Å². The molecule has 2 fully saturated rings. The van der Waals surface area contributed by atoms with E-state index in [9.17, 15) is 14.4 Å². The molecular formula is C21H27N3O4. The zero-order valence-electron chi connectivity index (χ0n) is 16.6. The van der Waals surface area contributed by atoms with Gasteiger partial charge < -0.3 is 15.0 Å². The number of carbonyl (C=O) groups excluding carboxylic acids is 3. The largest absolute Gasteiger partial charge is 0.494 e. The van der Waals surface area contributed by atoms with Crippen molar-refractivity contribution in [1.29, 1.82) is 0 Å². The smallest absolute Gasteiger partial charge is 0.325 e. The van der Waals surface area contributed by atoms with Crippen LogP contribution in [0.25, 0.3) is 6.08 Å². The molecule has 0 aromatic heterocycles. The lowest BCUT2D eigenvalue weighted by molar-refractivity contribution is -0.137. The van der Waals surface area contributed by atoms with Crippen LogP contribution in [0.5, 0.6) is 5.75 Å². The number of hydrogen-bond acceptors (Lipinski definition) is 4. The first-order chi connectivity index (χ1) is 13.4. The normalized spacial score (nSPS) is 19.0. The van der Waals surface area contributed by atoms with E-state index in [2.05, 4.69) is 5.32 Å². The van der Waals surface area contributed by atoms with Crippen molar-refractivity contribution in [2.45, 2.75) is 45.2 Å². The Kier molecular flexibility index (Phi) is 5.72. The number of piperidine rings is 1. The molecule has 0 atom stereocenters. The molecule has 7 nitrogen and oxygen atoms in total. The summed E-state index contributed by atoms with van der Waals surface area (Å²) in [5.74, 6) is 0.525. The minimum atomic E-state index is -0.864. The number of nitrogens with zero attached hydrogens (tertiary/aromatic N) is 2. The summed E-state index contributed by atoms with van der Waals surface area (Å²) in [6.45, 7) is 7.05. The zero-order chi connectivity index (χ0) is 20.3. The fourth-order valence-electron chi connectivity index (χ4n) is 3.67. The van der Waals surface area contributed by atoms with Crippen molar-refractivity contribution >= 4 is 23.9 Å². The highest BCUT2D eigenvalue weighted by Crippen LogP contribution is 2.30. The lowest BCUT2D eigenvalue weighted by Gasteiger charge is -2.37. The van der Waals surface area contributed by atoms with E-state index in [4.69, 9.17) is 4.74 Å². The Morgan fingerprint density at radius 1 is 1.21 bits per heavy atom. The maximum atomic E-state index is 12.7. The molecule has 1 aromatic rings. The fraction of sp³-hybridized carbons (Fsp3) is 0.476. The van der Waals surface area contributed by atoms with Gasteiger partial charge in [-0.15, -0.1) is 0 Å². The molecule has 0 saturated carbocycles. The van der Waals surface area contributed by atoms with Crippen LogP contribution in [-0.4, -0.2) is 58.9 Å². The van der Waals surface area contributed by atoms with E-state index in [1.807, 2.05) is 45.0 Å². The molecule has 3 rings (SSSR count). The predicted molar refractivity (Wildman–Crippen MR) is 106 cm³/mol. The second-order valence-electron chi connectivity index (χ2n) is 7.44. The summed E-state index contributed by atoms with van der Waals surface area (Å²) in [4.78, 5) is 40.3. The van der Waals surface area contributed by atoms with Crippen LogP contribution >= 0.6 is 0 Å². The van der Waals surface area contributed by atoms with Gasteiger partial charge in [-0.3, -0.25) is 14.5 Å². The van der Waals surface area contributed by atoms with Gasteiger partial charge in [-0.2, -0.15) is 0 Å². The standard InChI is InChI=1S/C21H27N3O4/c1-4-28-17-8-5-16(6-9-17)7-10-18(25)23-13-11-21(12-14-23)19(26)24(15(2)3)20(27)22-21/h5-10,15H,4,11-14H2,1-3H3,(H,22,27)/b10-7+. The van der Waals surface area contributed by atoms with Gasteiger partial charge in [-0.05, 0) is 57.4 Å². The number of imide groups is 1. The summed E-state index contributed by atoms with van der Waals surface area (Å²) in [5, 5.41) is 2.85. The number of hydrogen-bond donors (Lipinski definition) is 1. The average Bonchev–Trinajstić information content (AvgIpc) is 2.91. The Balaban J connectivity index is 1.58. The van der Waals surface area contributed by atoms with Crippen molar-refractivity contribution in [3.05, 3.63) is 35.9 Å². The Hall–Kier alpha value is -2.83. The van der Waals surface area contributed by atoms with Crippen LogP contribution in [0.15, 0.2) is 30.3 Å². The van der Waals surface area contributed by atoms with Crippen LogP contribution in [-0.2, 0) is 9.59 Å². The molecule has 0 aliphatic carbocycles. The zero-order valence-corrected chi connectivity index (χ0v) is 16.6. The second-order valence-corrected chi connectivity index (χ2v) is 7.44. The highest BCUT2D eigenvalue weighted by atomic mass is 16.5. The summed E-state index contributed by atoms with van der Waals surface area (Å²) in [6, 6.07) is 7.01. The molecule has 28 heavy (non-hydrogen) atoms. The SMILES string of the molecule is CCOc1ccc(/C=C/C(=O)N2CCC3(CC2)NC(=O)N(C(C)C)C3=O)cc1. The molecular weight excluding hydrogens is 358 g/mol. The maximum Gasteiger partial charge on any atom is 0.325 e. The summed E-state index contributed by atoms with van der Waals surface area (Å²) in [6.07, 6.45) is 4.18. The van der Waals surface area contributed by atoms with Gasteiger partial charge in [0.1, 0.15) is 11.3 Å². The Morgan fingerprint density at radius 2 is 1.86 bits per heavy atom. The van der Waals surface area contributed by atoms with Crippen LogP contribution in [0, 0.1) is 0 Å². The van der Waals surface area contributed by atoms with E-state index < -0.39 is 5.54 Å². The number of benzene rings is 1. The molecule has 7 heteroatoms. The van der Waals surface area contributed by atoms with Gasteiger partial charge in [-0.1, -0.05) is 12.1 Å². The minimum Gasteiger partial charge on any atom is -0.494 e. The van der Waals surface area contributed by atoms with Crippen molar-refractivity contribution < 1.29 is 19.1 Å². The van der Waals surface area contributed by atoms with E-state index >= 15 is 0 Å². The number of carbonyl (C=O) groups is 3. The molecule has 150 valence electrons. The molecule has 0 radical (unpaired) electrons. The summed E-state index contributed by atoms with van der Waals surface area (Å²) < 4.78 is 5.41. The van der Waals surface area contributed by atoms with Crippen molar-refractivity contribution in [3.8, 4) is 5.75 Å². The van der Waals surface area contributed by atoms with Crippen LogP contribution in [0.4, 0.5) is 4.79 Å². The molecule has 2 aliphatic rings. The van der Waals surface area contributed by atoms with Crippen molar-refractivity contribution in [2.24, 2.45) is 0 Å². The van der Waals surface area contributed by atoms with E-state index in [0.717, 1.165) is 11.3 Å². The Morgan fingerprint density at radius 3 is 2.39 bits per heavy atom. The quantitative estimate of drug-likeness (QED) is 0.624. The van der Waals surface area contributed by atoms with E-state index in [0.29, 0.717) is 32.5 Å². The minimum absolute atomic E-state index is 0.0961. The number of nitrogens with one attached hydrogen (secondary N) is 1. The van der Waals surface area contributed by atoms with Gasteiger partial charge in [0.2, 0.25) is 5.91 Å². The Bertz CT molecular complexity index is 777. The molecule has 1 aromatic carbocycles. The van der Waals surface area contributed by atoms with Gasteiger partial charge in [0.15, 0.2) is 0 Å². The molecule has 2 aliphatic heterocycles. The lowest BCUT2D eigenvalue weighted by atomic mass is 9.87. The number of ether oxygens (including phenoxy) is 1. The van der Waals surface area contributed by atoms with E-state index in [1.54, 1.807) is 17.1 Å². The summed E-state index contributed by atoms with van der Waals surface area (Å²) in [7, 11) is 0. The number of urea groups is 1.